The molecule has 0 aromatic heterocycles. The summed E-state index contributed by atoms with van der Waals surface area (Å²) in [5.74, 6) is -0.211. The highest BCUT2D eigenvalue weighted by atomic mass is 16.5. The highest BCUT2D eigenvalue weighted by Gasteiger charge is 2.16. The number of carbonyl (C=O) groups excluding carboxylic acids is 1. The van der Waals surface area contributed by atoms with Gasteiger partial charge >= 0.3 is 5.97 Å². The second-order valence-electron chi connectivity index (χ2n) is 7.60. The quantitative estimate of drug-likeness (QED) is 0.253. The molecule has 1 rings (SSSR count). The molecule has 0 aliphatic carbocycles. The monoisotopic (exact) mass is 392 g/mol. The molecule has 0 heterocycles. The Labute approximate surface area is 171 Å². The molecule has 0 fully saturated rings. The fraction of sp³-hybridized carbons (Fsp3) is 0.708. The van der Waals surface area contributed by atoms with E-state index < -0.39 is 0 Å². The molecule has 4 heteroatoms. The average molecular weight is 393 g/mol. The Hall–Kier alpha value is -1.55. The van der Waals surface area contributed by atoms with Crippen LogP contribution in [0.2, 0.25) is 0 Å². The molecule has 1 aromatic rings. The molecule has 1 unspecified atom stereocenters. The molecule has 28 heavy (non-hydrogen) atoms. The second-order valence-corrected chi connectivity index (χ2v) is 7.60. The van der Waals surface area contributed by atoms with Gasteiger partial charge in [0, 0.05) is 6.42 Å². The lowest BCUT2D eigenvalue weighted by Gasteiger charge is -2.24. The van der Waals surface area contributed by atoms with E-state index in [9.17, 15) is 9.90 Å². The van der Waals surface area contributed by atoms with Crippen LogP contribution in [0, 0.1) is 0 Å². The van der Waals surface area contributed by atoms with Crippen molar-refractivity contribution in [3.63, 3.8) is 0 Å². The van der Waals surface area contributed by atoms with Crippen molar-refractivity contribution in [2.75, 3.05) is 6.61 Å². The normalized spacial score (nSPS) is 13.2. The lowest BCUT2D eigenvalue weighted by molar-refractivity contribution is -0.0364. The number of phenols is 1. The number of aromatic hydroxyl groups is 1. The van der Waals surface area contributed by atoms with Crippen LogP contribution < -0.4 is 0 Å². The zero-order chi connectivity index (χ0) is 20.6. The summed E-state index contributed by atoms with van der Waals surface area (Å²) in [5.41, 5.74) is 0.458. The molecule has 0 amide bonds. The van der Waals surface area contributed by atoms with Crippen molar-refractivity contribution in [3.05, 3.63) is 29.8 Å². The summed E-state index contributed by atoms with van der Waals surface area (Å²) in [6.45, 7) is 6.95. The van der Waals surface area contributed by atoms with Crippen LogP contribution in [0.5, 0.6) is 5.75 Å². The smallest absolute Gasteiger partial charge is 0.338 e. The third kappa shape index (κ3) is 10.7. The number of unbranched alkanes of at least 4 members (excludes halogenated alkanes) is 5. The summed E-state index contributed by atoms with van der Waals surface area (Å²) >= 11 is 0. The standard InChI is InChI=1S/C24H40O4/c1-4-7-9-10-11-13-23(12-8-5-2)28-22(6-3)18-19-27-24(26)20-14-16-21(25)17-15-20/h14-17,22-23,25H,4-13,18-19H2,1-3H3/t22-,23?/m1/s1. The first-order valence-electron chi connectivity index (χ1n) is 11.2. The minimum Gasteiger partial charge on any atom is -0.508 e. The molecule has 2 atom stereocenters. The summed E-state index contributed by atoms with van der Waals surface area (Å²) in [7, 11) is 0. The van der Waals surface area contributed by atoms with Crippen molar-refractivity contribution in [1.29, 1.82) is 0 Å². The first kappa shape index (κ1) is 24.5. The molecule has 4 nitrogen and oxygen atoms in total. The number of benzene rings is 1. The third-order valence-corrected chi connectivity index (χ3v) is 5.13. The number of esters is 1. The van der Waals surface area contributed by atoms with Crippen LogP contribution in [-0.2, 0) is 9.47 Å². The second kappa shape index (κ2) is 15.4. The molecule has 0 spiro atoms. The van der Waals surface area contributed by atoms with Gasteiger partial charge in [-0.05, 0) is 43.5 Å². The Morgan fingerprint density at radius 1 is 0.857 bits per heavy atom. The maximum atomic E-state index is 12.1. The van der Waals surface area contributed by atoms with E-state index >= 15 is 0 Å². The van der Waals surface area contributed by atoms with E-state index in [1.165, 1.54) is 57.1 Å². The van der Waals surface area contributed by atoms with Gasteiger partial charge in [0.1, 0.15) is 5.75 Å². The van der Waals surface area contributed by atoms with Crippen molar-refractivity contribution in [3.8, 4) is 5.75 Å². The van der Waals surface area contributed by atoms with E-state index in [0.29, 0.717) is 18.3 Å². The van der Waals surface area contributed by atoms with Crippen molar-refractivity contribution < 1.29 is 19.4 Å². The van der Waals surface area contributed by atoms with Gasteiger partial charge in [0.05, 0.1) is 24.4 Å². The fourth-order valence-corrected chi connectivity index (χ4v) is 3.29. The highest BCUT2D eigenvalue weighted by molar-refractivity contribution is 5.89. The lowest BCUT2D eigenvalue weighted by atomic mass is 10.0. The first-order chi connectivity index (χ1) is 13.6. The van der Waals surface area contributed by atoms with E-state index in [4.69, 9.17) is 9.47 Å². The van der Waals surface area contributed by atoms with Gasteiger partial charge in [-0.15, -0.1) is 0 Å². The van der Waals surface area contributed by atoms with E-state index in [2.05, 4.69) is 20.8 Å². The summed E-state index contributed by atoms with van der Waals surface area (Å²) in [6.07, 6.45) is 13.2. The largest absolute Gasteiger partial charge is 0.508 e. The van der Waals surface area contributed by atoms with E-state index in [1.54, 1.807) is 12.1 Å². The number of phenolic OH excluding ortho intramolecular Hbond substituents is 1. The number of hydrogen-bond acceptors (Lipinski definition) is 4. The zero-order valence-electron chi connectivity index (χ0n) is 18.1. The SMILES string of the molecule is CCCCCCCC(CCCC)O[C@H](CC)CCOC(=O)c1ccc(O)cc1. The molecular weight excluding hydrogens is 352 g/mol. The number of ether oxygens (including phenoxy) is 2. The molecule has 0 saturated carbocycles. The first-order valence-corrected chi connectivity index (χ1v) is 11.2. The minimum absolute atomic E-state index is 0.130. The predicted molar refractivity (Wildman–Crippen MR) is 115 cm³/mol. The molecule has 160 valence electrons. The van der Waals surface area contributed by atoms with Gasteiger partial charge in [-0.3, -0.25) is 0 Å². The molecule has 0 aliphatic rings. The molecule has 1 aromatic carbocycles. The Bertz CT molecular complexity index is 512. The maximum Gasteiger partial charge on any atom is 0.338 e. The average Bonchev–Trinajstić information content (AvgIpc) is 2.70. The topological polar surface area (TPSA) is 55.8 Å². The Morgan fingerprint density at radius 3 is 2.14 bits per heavy atom. The summed E-state index contributed by atoms with van der Waals surface area (Å²) < 4.78 is 11.8. The van der Waals surface area contributed by atoms with Crippen LogP contribution in [0.4, 0.5) is 0 Å². The highest BCUT2D eigenvalue weighted by Crippen LogP contribution is 2.19. The van der Waals surface area contributed by atoms with Gasteiger partial charge in [-0.1, -0.05) is 65.7 Å². The summed E-state index contributed by atoms with van der Waals surface area (Å²) in [5, 5.41) is 9.30. The molecule has 0 radical (unpaired) electrons. The van der Waals surface area contributed by atoms with Gasteiger partial charge in [-0.25, -0.2) is 4.79 Å². The molecular formula is C24H40O4. The lowest BCUT2D eigenvalue weighted by Crippen LogP contribution is -2.24. The minimum atomic E-state index is -0.353. The van der Waals surface area contributed by atoms with E-state index in [-0.39, 0.29) is 17.8 Å². The van der Waals surface area contributed by atoms with Gasteiger partial charge in [0.15, 0.2) is 0 Å². The van der Waals surface area contributed by atoms with Gasteiger partial charge in [-0.2, -0.15) is 0 Å². The van der Waals surface area contributed by atoms with Gasteiger partial charge in [0.2, 0.25) is 0 Å². The van der Waals surface area contributed by atoms with Crippen molar-refractivity contribution >= 4 is 5.97 Å². The summed E-state index contributed by atoms with van der Waals surface area (Å²) in [4.78, 5) is 12.1. The van der Waals surface area contributed by atoms with Gasteiger partial charge in [0.25, 0.3) is 0 Å². The predicted octanol–water partition coefficient (Wildman–Crippen LogP) is 6.65. The Kier molecular flexibility index (Phi) is 13.5. The van der Waals surface area contributed by atoms with Crippen molar-refractivity contribution in [2.45, 2.75) is 104 Å². The Morgan fingerprint density at radius 2 is 1.50 bits per heavy atom. The van der Waals surface area contributed by atoms with Crippen LogP contribution in [-0.4, -0.2) is 29.9 Å². The van der Waals surface area contributed by atoms with Gasteiger partial charge < -0.3 is 14.6 Å². The van der Waals surface area contributed by atoms with Crippen LogP contribution in [0.3, 0.4) is 0 Å². The number of rotatable bonds is 16. The number of hydrogen-bond donors (Lipinski definition) is 1. The molecule has 1 N–H and O–H groups in total. The van der Waals surface area contributed by atoms with Crippen molar-refractivity contribution in [2.24, 2.45) is 0 Å². The van der Waals surface area contributed by atoms with Crippen LogP contribution in [0.15, 0.2) is 24.3 Å². The molecule has 0 aliphatic heterocycles. The zero-order valence-corrected chi connectivity index (χ0v) is 18.1. The fourth-order valence-electron chi connectivity index (χ4n) is 3.29. The molecule has 0 bridgehead atoms. The van der Waals surface area contributed by atoms with E-state index in [0.717, 1.165) is 25.7 Å². The van der Waals surface area contributed by atoms with E-state index in [1.807, 2.05) is 0 Å². The Balaban J connectivity index is 2.38. The van der Waals surface area contributed by atoms with Crippen LogP contribution in [0.1, 0.15) is 102 Å². The number of carbonyl (C=O) groups is 1. The molecule has 0 saturated heterocycles. The maximum absolute atomic E-state index is 12.1. The van der Waals surface area contributed by atoms with Crippen molar-refractivity contribution in [1.82, 2.24) is 0 Å². The van der Waals surface area contributed by atoms with Crippen LogP contribution >= 0.6 is 0 Å². The van der Waals surface area contributed by atoms with Crippen LogP contribution in [0.25, 0.3) is 0 Å². The third-order valence-electron chi connectivity index (χ3n) is 5.13. The summed E-state index contributed by atoms with van der Waals surface area (Å²) in [6, 6.07) is 6.14.